The lowest BCUT2D eigenvalue weighted by Crippen LogP contribution is -2.61. The van der Waals surface area contributed by atoms with E-state index >= 15 is 0 Å². The number of hydrogen-bond acceptors (Lipinski definition) is 3. The number of fused-ring (bicyclic) bond motifs is 5. The molecule has 2 unspecified atom stereocenters. The average molecular weight is 486 g/mol. The monoisotopic (exact) mass is 485 g/mol. The number of hydrogen-bond donors (Lipinski definition) is 2. The summed E-state index contributed by atoms with van der Waals surface area (Å²) >= 11 is 0. The van der Waals surface area contributed by atoms with Gasteiger partial charge in [0.15, 0.2) is 0 Å². The molecular formula is C31H39N3O2. The summed E-state index contributed by atoms with van der Waals surface area (Å²) in [6.45, 7) is 4.84. The van der Waals surface area contributed by atoms with Gasteiger partial charge in [-0.15, -0.1) is 0 Å². The van der Waals surface area contributed by atoms with Crippen LogP contribution in [0.3, 0.4) is 0 Å². The third-order valence-electron chi connectivity index (χ3n) is 10.7. The van der Waals surface area contributed by atoms with Gasteiger partial charge in [-0.05, 0) is 97.8 Å². The Morgan fingerprint density at radius 1 is 0.833 bits per heavy atom. The SMILES string of the molecule is C[C@]12CCC(=O)NC1CC[C@@H]1[C@H]2CC[C@]2(C)C(C(=O)NN(c3ccccc3)c3ccccc3)CC[C@@H]12. The first-order valence-corrected chi connectivity index (χ1v) is 13.9. The summed E-state index contributed by atoms with van der Waals surface area (Å²) in [7, 11) is 0. The molecule has 3 saturated carbocycles. The smallest absolute Gasteiger partial charge is 0.242 e. The van der Waals surface area contributed by atoms with Crippen LogP contribution in [-0.2, 0) is 9.59 Å². The van der Waals surface area contributed by atoms with Crippen LogP contribution in [0, 0.1) is 34.5 Å². The fourth-order valence-corrected chi connectivity index (χ4v) is 8.75. The van der Waals surface area contributed by atoms with Crippen molar-refractivity contribution >= 4 is 23.2 Å². The van der Waals surface area contributed by atoms with E-state index in [4.69, 9.17) is 0 Å². The number of piperidine rings is 1. The van der Waals surface area contributed by atoms with Crippen molar-refractivity contribution in [2.45, 2.75) is 71.3 Å². The predicted octanol–water partition coefficient (Wildman–Crippen LogP) is 5.99. The van der Waals surface area contributed by atoms with Crippen LogP contribution in [0.5, 0.6) is 0 Å². The normalized spacial score (nSPS) is 37.2. The summed E-state index contributed by atoms with van der Waals surface area (Å²) < 4.78 is 0. The van der Waals surface area contributed by atoms with Crippen LogP contribution in [0.25, 0.3) is 0 Å². The van der Waals surface area contributed by atoms with Gasteiger partial charge in [0.1, 0.15) is 0 Å². The fraction of sp³-hybridized carbons (Fsp3) is 0.548. The summed E-state index contributed by atoms with van der Waals surface area (Å²) in [5.74, 6) is 2.31. The van der Waals surface area contributed by atoms with E-state index in [9.17, 15) is 9.59 Å². The Morgan fingerprint density at radius 2 is 1.47 bits per heavy atom. The van der Waals surface area contributed by atoms with Crippen molar-refractivity contribution in [2.24, 2.45) is 34.5 Å². The number of benzene rings is 2. The van der Waals surface area contributed by atoms with Gasteiger partial charge in [-0.1, -0.05) is 50.2 Å². The van der Waals surface area contributed by atoms with Crippen LogP contribution in [0.15, 0.2) is 60.7 Å². The second kappa shape index (κ2) is 8.93. The number of rotatable bonds is 4. The molecule has 0 radical (unpaired) electrons. The van der Waals surface area contributed by atoms with Gasteiger partial charge in [0.25, 0.3) is 0 Å². The first kappa shape index (κ1) is 23.6. The molecule has 1 aliphatic heterocycles. The molecule has 6 rings (SSSR count). The molecule has 1 heterocycles. The molecule has 7 atom stereocenters. The Morgan fingerprint density at radius 3 is 2.14 bits per heavy atom. The Labute approximate surface area is 215 Å². The molecule has 5 heteroatoms. The van der Waals surface area contributed by atoms with E-state index in [1.807, 2.05) is 65.7 Å². The van der Waals surface area contributed by atoms with Gasteiger partial charge in [0.2, 0.25) is 11.8 Å². The van der Waals surface area contributed by atoms with Gasteiger partial charge in [-0.3, -0.25) is 20.0 Å². The fourth-order valence-electron chi connectivity index (χ4n) is 8.75. The number of nitrogens with one attached hydrogen (secondary N) is 2. The Bertz CT molecular complexity index is 1080. The molecule has 2 aromatic rings. The highest BCUT2D eigenvalue weighted by Gasteiger charge is 2.61. The minimum absolute atomic E-state index is 0.0231. The van der Waals surface area contributed by atoms with E-state index < -0.39 is 0 Å². The third-order valence-corrected chi connectivity index (χ3v) is 10.7. The van der Waals surface area contributed by atoms with E-state index in [1.54, 1.807) is 0 Å². The van der Waals surface area contributed by atoms with Crippen LogP contribution >= 0.6 is 0 Å². The maximum atomic E-state index is 13.9. The molecule has 2 aromatic carbocycles. The minimum Gasteiger partial charge on any atom is -0.353 e. The topological polar surface area (TPSA) is 61.4 Å². The van der Waals surface area contributed by atoms with Gasteiger partial charge in [0.05, 0.1) is 11.4 Å². The zero-order valence-corrected chi connectivity index (χ0v) is 21.6. The number of anilines is 2. The lowest BCUT2D eigenvalue weighted by atomic mass is 9.47. The highest BCUT2D eigenvalue weighted by atomic mass is 16.2. The molecule has 0 aromatic heterocycles. The van der Waals surface area contributed by atoms with Gasteiger partial charge in [0, 0.05) is 18.4 Å². The highest BCUT2D eigenvalue weighted by Crippen LogP contribution is 2.65. The Hall–Kier alpha value is -2.82. The van der Waals surface area contributed by atoms with Gasteiger partial charge in [-0.25, -0.2) is 0 Å². The van der Waals surface area contributed by atoms with E-state index in [0.29, 0.717) is 30.2 Å². The number of para-hydroxylation sites is 2. The summed E-state index contributed by atoms with van der Waals surface area (Å²) in [4.78, 5) is 26.1. The van der Waals surface area contributed by atoms with Crippen molar-refractivity contribution in [3.63, 3.8) is 0 Å². The van der Waals surface area contributed by atoms with Crippen molar-refractivity contribution in [1.82, 2.24) is 10.7 Å². The minimum atomic E-state index is 0.0231. The number of nitrogens with zero attached hydrogens (tertiary/aromatic N) is 1. The number of hydrazine groups is 1. The van der Waals surface area contributed by atoms with Crippen molar-refractivity contribution in [3.8, 4) is 0 Å². The summed E-state index contributed by atoms with van der Waals surface area (Å²) in [6.07, 6.45) is 8.32. The second-order valence-electron chi connectivity index (χ2n) is 12.2. The van der Waals surface area contributed by atoms with Crippen molar-refractivity contribution < 1.29 is 9.59 Å². The molecule has 5 nitrogen and oxygen atoms in total. The summed E-state index contributed by atoms with van der Waals surface area (Å²) in [6, 6.07) is 20.5. The third kappa shape index (κ3) is 3.74. The Balaban J connectivity index is 1.23. The van der Waals surface area contributed by atoms with E-state index in [0.717, 1.165) is 43.5 Å². The molecule has 36 heavy (non-hydrogen) atoms. The predicted molar refractivity (Wildman–Crippen MR) is 142 cm³/mol. The standard InChI is InChI=1S/C31H39N3O2/c1-30-19-17-25-23(13-16-27-31(25,2)20-18-28(35)32-27)24(30)14-15-26(30)29(36)33-34(21-9-5-3-6-10-21)22-11-7-4-8-12-22/h3-12,23-27H,13-20H2,1-2H3,(H,32,35)(H,33,36)/t23-,24-,25+,26?,27?,30-,31+/m0/s1. The molecule has 1 saturated heterocycles. The van der Waals surface area contributed by atoms with Gasteiger partial charge in [-0.2, -0.15) is 0 Å². The molecule has 0 spiro atoms. The molecule has 190 valence electrons. The molecule has 3 aliphatic carbocycles. The van der Waals surface area contributed by atoms with Crippen molar-refractivity contribution in [3.05, 3.63) is 60.7 Å². The summed E-state index contributed by atoms with van der Waals surface area (Å²) in [5.41, 5.74) is 5.49. The largest absolute Gasteiger partial charge is 0.353 e. The number of amides is 2. The van der Waals surface area contributed by atoms with Gasteiger partial charge >= 0.3 is 0 Å². The van der Waals surface area contributed by atoms with Crippen LogP contribution in [0.1, 0.15) is 65.2 Å². The number of carbonyl (C=O) groups excluding carboxylic acids is 2. The van der Waals surface area contributed by atoms with Gasteiger partial charge < -0.3 is 5.32 Å². The zero-order chi connectivity index (χ0) is 24.9. The highest BCUT2D eigenvalue weighted by molar-refractivity contribution is 5.84. The summed E-state index contributed by atoms with van der Waals surface area (Å²) in [5, 5.41) is 5.28. The van der Waals surface area contributed by atoms with E-state index in [1.165, 1.54) is 12.8 Å². The van der Waals surface area contributed by atoms with E-state index in [-0.39, 0.29) is 28.6 Å². The molecule has 0 bridgehead atoms. The molecule has 4 fully saturated rings. The zero-order valence-electron chi connectivity index (χ0n) is 21.6. The maximum Gasteiger partial charge on any atom is 0.242 e. The Kier molecular flexibility index (Phi) is 5.85. The van der Waals surface area contributed by atoms with Crippen LogP contribution in [0.4, 0.5) is 11.4 Å². The van der Waals surface area contributed by atoms with Crippen molar-refractivity contribution in [2.75, 3.05) is 5.01 Å². The molecule has 4 aliphatic rings. The quantitative estimate of drug-likeness (QED) is 0.523. The first-order valence-electron chi connectivity index (χ1n) is 13.9. The molecule has 2 amide bonds. The molecule has 2 N–H and O–H groups in total. The lowest BCUT2D eigenvalue weighted by molar-refractivity contribution is -0.141. The maximum absolute atomic E-state index is 13.9. The first-order chi connectivity index (χ1) is 17.4. The van der Waals surface area contributed by atoms with Crippen LogP contribution in [0.2, 0.25) is 0 Å². The number of carbonyl (C=O) groups is 2. The van der Waals surface area contributed by atoms with Crippen LogP contribution in [-0.4, -0.2) is 17.9 Å². The van der Waals surface area contributed by atoms with Crippen LogP contribution < -0.4 is 15.8 Å². The van der Waals surface area contributed by atoms with Crippen molar-refractivity contribution in [1.29, 1.82) is 0 Å². The molecular weight excluding hydrogens is 446 g/mol. The second-order valence-corrected chi connectivity index (χ2v) is 12.2. The van der Waals surface area contributed by atoms with E-state index in [2.05, 4.69) is 24.6 Å². The average Bonchev–Trinajstić information content (AvgIpc) is 3.26. The lowest BCUT2D eigenvalue weighted by Gasteiger charge is -2.60.